The molecule has 0 aliphatic heterocycles. The van der Waals surface area contributed by atoms with Gasteiger partial charge in [-0.1, -0.05) is 110 Å². The minimum absolute atomic E-state index is 0.0187. The lowest BCUT2D eigenvalue weighted by molar-refractivity contribution is -0.140. The zero-order valence-corrected chi connectivity index (χ0v) is 27.8. The van der Waals surface area contributed by atoms with Gasteiger partial charge in [-0.3, -0.25) is 13.9 Å². The van der Waals surface area contributed by atoms with Gasteiger partial charge in [0, 0.05) is 24.5 Å². The summed E-state index contributed by atoms with van der Waals surface area (Å²) in [6, 6.07) is 28.4. The lowest BCUT2D eigenvalue weighted by Crippen LogP contribution is -2.53. The fourth-order valence-corrected chi connectivity index (χ4v) is 6.74. The number of rotatable bonds is 13. The SMILES string of the molecule is Cc1ccccc1CN(C(=O)CN(c1cc(Cl)ccc1Cl)S(=O)(=O)c1ccccc1)[C@H](Cc1ccccc1)C(=O)NCC(C)C. The Morgan fingerprint density at radius 1 is 0.844 bits per heavy atom. The van der Waals surface area contributed by atoms with Crippen molar-refractivity contribution in [1.82, 2.24) is 10.2 Å². The van der Waals surface area contributed by atoms with Gasteiger partial charge in [0.25, 0.3) is 10.0 Å². The molecule has 45 heavy (non-hydrogen) atoms. The van der Waals surface area contributed by atoms with Crippen molar-refractivity contribution >= 4 is 50.7 Å². The molecular weight excluding hydrogens is 629 g/mol. The molecule has 236 valence electrons. The highest BCUT2D eigenvalue weighted by Crippen LogP contribution is 2.33. The van der Waals surface area contributed by atoms with Crippen LogP contribution in [0.15, 0.2) is 108 Å². The molecule has 4 rings (SSSR count). The predicted octanol–water partition coefficient (Wildman–Crippen LogP) is 6.91. The molecule has 1 N–H and O–H groups in total. The van der Waals surface area contributed by atoms with Crippen LogP contribution in [0.25, 0.3) is 0 Å². The number of sulfonamides is 1. The van der Waals surface area contributed by atoms with E-state index in [9.17, 15) is 18.0 Å². The van der Waals surface area contributed by atoms with Gasteiger partial charge >= 0.3 is 0 Å². The Hall–Kier alpha value is -3.85. The van der Waals surface area contributed by atoms with Crippen LogP contribution in [0.1, 0.15) is 30.5 Å². The molecule has 0 radical (unpaired) electrons. The van der Waals surface area contributed by atoms with Crippen LogP contribution in [0, 0.1) is 12.8 Å². The number of halogens is 2. The average molecular weight is 667 g/mol. The smallest absolute Gasteiger partial charge is 0.264 e. The van der Waals surface area contributed by atoms with Crippen molar-refractivity contribution in [2.75, 3.05) is 17.4 Å². The van der Waals surface area contributed by atoms with Crippen molar-refractivity contribution in [2.45, 2.75) is 44.7 Å². The standard InChI is InChI=1S/C35H37Cl2N3O4S/c1-25(2)22-38-35(42)33(20-27-13-6-4-7-14-27)39(23-28-15-11-10-12-26(28)3)34(41)24-40(32-21-29(36)18-19-31(32)37)45(43,44)30-16-8-5-9-17-30/h4-19,21,25,33H,20,22-24H2,1-3H3,(H,38,42)/t33-/m1/s1. The monoisotopic (exact) mass is 665 g/mol. The number of benzene rings is 4. The second-order valence-electron chi connectivity index (χ2n) is 11.2. The maximum absolute atomic E-state index is 14.6. The second kappa shape index (κ2) is 15.4. The summed E-state index contributed by atoms with van der Waals surface area (Å²) in [4.78, 5) is 29.9. The Morgan fingerprint density at radius 2 is 1.47 bits per heavy atom. The van der Waals surface area contributed by atoms with Crippen LogP contribution in [0.5, 0.6) is 0 Å². The number of aryl methyl sites for hydroxylation is 1. The third kappa shape index (κ3) is 8.87. The van der Waals surface area contributed by atoms with E-state index in [-0.39, 0.29) is 45.4 Å². The highest BCUT2D eigenvalue weighted by Gasteiger charge is 2.35. The van der Waals surface area contributed by atoms with Gasteiger partial charge in [-0.25, -0.2) is 8.42 Å². The van der Waals surface area contributed by atoms with E-state index in [0.717, 1.165) is 21.0 Å². The summed E-state index contributed by atoms with van der Waals surface area (Å²) < 4.78 is 29.2. The van der Waals surface area contributed by atoms with Crippen LogP contribution in [0.3, 0.4) is 0 Å². The van der Waals surface area contributed by atoms with Crippen molar-refractivity contribution in [1.29, 1.82) is 0 Å². The first-order valence-electron chi connectivity index (χ1n) is 14.7. The van der Waals surface area contributed by atoms with Crippen LogP contribution in [-0.4, -0.2) is 44.3 Å². The highest BCUT2D eigenvalue weighted by atomic mass is 35.5. The first-order valence-corrected chi connectivity index (χ1v) is 16.9. The van der Waals surface area contributed by atoms with Gasteiger partial charge in [-0.2, -0.15) is 0 Å². The minimum atomic E-state index is -4.29. The quantitative estimate of drug-likeness (QED) is 0.168. The lowest BCUT2D eigenvalue weighted by atomic mass is 10.0. The van der Waals surface area contributed by atoms with E-state index in [1.165, 1.54) is 29.2 Å². The summed E-state index contributed by atoms with van der Waals surface area (Å²) in [5, 5.41) is 3.35. The van der Waals surface area contributed by atoms with Gasteiger partial charge in [-0.15, -0.1) is 0 Å². The predicted molar refractivity (Wildman–Crippen MR) is 181 cm³/mol. The van der Waals surface area contributed by atoms with E-state index in [2.05, 4.69) is 5.32 Å². The summed E-state index contributed by atoms with van der Waals surface area (Å²) in [5.74, 6) is -0.717. The summed E-state index contributed by atoms with van der Waals surface area (Å²) >= 11 is 12.8. The van der Waals surface area contributed by atoms with Crippen LogP contribution in [-0.2, 0) is 32.6 Å². The summed E-state index contributed by atoms with van der Waals surface area (Å²) in [5.41, 5.74) is 2.68. The number of anilines is 1. The van der Waals surface area contributed by atoms with E-state index in [1.807, 2.05) is 75.4 Å². The van der Waals surface area contributed by atoms with Crippen molar-refractivity contribution in [3.63, 3.8) is 0 Å². The molecular formula is C35H37Cl2N3O4S. The summed E-state index contributed by atoms with van der Waals surface area (Å²) in [7, 11) is -4.29. The Balaban J connectivity index is 1.83. The fourth-order valence-electron chi connectivity index (χ4n) is 4.86. The molecule has 0 spiro atoms. The maximum Gasteiger partial charge on any atom is 0.264 e. The van der Waals surface area contributed by atoms with Crippen LogP contribution < -0.4 is 9.62 Å². The lowest BCUT2D eigenvalue weighted by Gasteiger charge is -2.34. The van der Waals surface area contributed by atoms with E-state index >= 15 is 0 Å². The third-order valence-corrected chi connectivity index (χ3v) is 9.67. The Kier molecular flexibility index (Phi) is 11.7. The molecule has 0 bridgehead atoms. The minimum Gasteiger partial charge on any atom is -0.354 e. The second-order valence-corrected chi connectivity index (χ2v) is 13.9. The summed E-state index contributed by atoms with van der Waals surface area (Å²) in [6.45, 7) is 5.80. The van der Waals surface area contributed by atoms with Gasteiger partial charge in [0.05, 0.1) is 15.6 Å². The molecule has 10 heteroatoms. The molecule has 4 aromatic rings. The molecule has 1 atom stereocenters. The number of hydrogen-bond acceptors (Lipinski definition) is 4. The fraction of sp³-hybridized carbons (Fsp3) is 0.257. The van der Waals surface area contributed by atoms with E-state index in [0.29, 0.717) is 6.54 Å². The molecule has 7 nitrogen and oxygen atoms in total. The molecule has 0 aromatic heterocycles. The van der Waals surface area contributed by atoms with Gasteiger partial charge in [0.1, 0.15) is 12.6 Å². The number of nitrogens with one attached hydrogen (secondary N) is 1. The number of carbonyl (C=O) groups excluding carboxylic acids is 2. The van der Waals surface area contributed by atoms with Gasteiger partial charge < -0.3 is 10.2 Å². The van der Waals surface area contributed by atoms with Gasteiger partial charge in [0.2, 0.25) is 11.8 Å². The number of nitrogens with zero attached hydrogens (tertiary/aromatic N) is 2. The van der Waals surface area contributed by atoms with E-state index < -0.39 is 28.5 Å². The zero-order chi connectivity index (χ0) is 32.6. The van der Waals surface area contributed by atoms with Gasteiger partial charge in [0.15, 0.2) is 0 Å². The molecule has 0 saturated carbocycles. The first-order chi connectivity index (χ1) is 21.5. The third-order valence-electron chi connectivity index (χ3n) is 7.34. The van der Waals surface area contributed by atoms with E-state index in [1.54, 1.807) is 24.3 Å². The van der Waals surface area contributed by atoms with Gasteiger partial charge in [-0.05, 0) is 59.9 Å². The molecule has 0 fully saturated rings. The van der Waals surface area contributed by atoms with Crippen LogP contribution in [0.4, 0.5) is 5.69 Å². The average Bonchev–Trinajstić information content (AvgIpc) is 3.03. The number of amides is 2. The molecule has 2 amide bonds. The largest absolute Gasteiger partial charge is 0.354 e. The summed E-state index contributed by atoms with van der Waals surface area (Å²) in [6.07, 6.45) is 0.228. The molecule has 0 aliphatic carbocycles. The molecule has 0 unspecified atom stereocenters. The molecule has 0 saturated heterocycles. The topological polar surface area (TPSA) is 86.8 Å². The maximum atomic E-state index is 14.6. The number of hydrogen-bond donors (Lipinski definition) is 1. The normalized spacial score (nSPS) is 12.0. The van der Waals surface area contributed by atoms with E-state index in [4.69, 9.17) is 23.2 Å². The Labute approximate surface area is 275 Å². The van der Waals surface area contributed by atoms with Crippen molar-refractivity contribution in [3.8, 4) is 0 Å². The molecule has 0 heterocycles. The molecule has 0 aliphatic rings. The Bertz CT molecular complexity index is 1720. The van der Waals surface area contributed by atoms with Crippen molar-refractivity contribution in [2.24, 2.45) is 5.92 Å². The zero-order valence-electron chi connectivity index (χ0n) is 25.5. The number of carbonyl (C=O) groups is 2. The van der Waals surface area contributed by atoms with Crippen molar-refractivity contribution in [3.05, 3.63) is 130 Å². The van der Waals surface area contributed by atoms with Crippen molar-refractivity contribution < 1.29 is 18.0 Å². The highest BCUT2D eigenvalue weighted by molar-refractivity contribution is 7.92. The van der Waals surface area contributed by atoms with Crippen LogP contribution in [0.2, 0.25) is 10.0 Å². The Morgan fingerprint density at radius 3 is 2.11 bits per heavy atom. The van der Waals surface area contributed by atoms with Crippen LogP contribution >= 0.6 is 23.2 Å². The first kappa shape index (κ1) is 34.0. The molecule has 4 aromatic carbocycles.